The maximum atomic E-state index is 11.8. The third-order valence-corrected chi connectivity index (χ3v) is 3.14. The molecule has 0 fully saturated rings. The molecule has 0 amide bonds. The summed E-state index contributed by atoms with van der Waals surface area (Å²) >= 11 is 6.70. The molecule has 1 rings (SSSR count). The van der Waals surface area contributed by atoms with Crippen molar-refractivity contribution < 1.29 is 4.79 Å². The molecule has 1 aromatic rings. The molecule has 1 nitrogen and oxygen atoms in total. The number of ketones is 1. The van der Waals surface area contributed by atoms with E-state index in [4.69, 9.17) is 6.42 Å². The Morgan fingerprint density at radius 1 is 1.40 bits per heavy atom. The molecule has 0 aliphatic carbocycles. The summed E-state index contributed by atoms with van der Waals surface area (Å²) in [4.78, 5) is 11.8. The van der Waals surface area contributed by atoms with E-state index in [-0.39, 0.29) is 5.78 Å². The maximum absolute atomic E-state index is 11.8. The number of rotatable bonds is 4. The number of terminal acetylenes is 1. The van der Waals surface area contributed by atoms with Gasteiger partial charge in [-0.3, -0.25) is 4.79 Å². The highest BCUT2D eigenvalue weighted by Crippen LogP contribution is 2.23. The molecule has 0 saturated heterocycles. The lowest BCUT2D eigenvalue weighted by Crippen LogP contribution is -1.99. The van der Waals surface area contributed by atoms with Gasteiger partial charge in [-0.2, -0.15) is 0 Å². The molecule has 0 N–H and O–H groups in total. The van der Waals surface area contributed by atoms with Gasteiger partial charge in [-0.15, -0.1) is 12.3 Å². The van der Waals surface area contributed by atoms with E-state index in [0.29, 0.717) is 18.4 Å². The Kier molecular flexibility index (Phi) is 5.07. The number of hydrogen-bond donors (Lipinski definition) is 0. The van der Waals surface area contributed by atoms with Gasteiger partial charge < -0.3 is 0 Å². The highest BCUT2D eigenvalue weighted by molar-refractivity contribution is 9.11. The van der Waals surface area contributed by atoms with E-state index in [1.165, 1.54) is 0 Å². The zero-order valence-electron chi connectivity index (χ0n) is 8.09. The summed E-state index contributed by atoms with van der Waals surface area (Å²) < 4.78 is 1.74. The molecular formula is C12H10Br2O. The number of benzene rings is 1. The summed E-state index contributed by atoms with van der Waals surface area (Å²) in [5.41, 5.74) is 0.710. The largest absolute Gasteiger partial charge is 0.294 e. The van der Waals surface area contributed by atoms with Crippen LogP contribution in [-0.2, 0) is 0 Å². The molecule has 1 aromatic carbocycles. The van der Waals surface area contributed by atoms with E-state index in [2.05, 4.69) is 37.8 Å². The van der Waals surface area contributed by atoms with Crippen molar-refractivity contribution in [3.8, 4) is 12.3 Å². The molecule has 3 heteroatoms. The highest BCUT2D eigenvalue weighted by Gasteiger charge is 2.09. The van der Waals surface area contributed by atoms with Gasteiger partial charge in [0.15, 0.2) is 5.78 Å². The van der Waals surface area contributed by atoms with Crippen LogP contribution >= 0.6 is 31.9 Å². The first-order chi connectivity index (χ1) is 7.15. The molecule has 0 bridgehead atoms. The Hall–Kier alpha value is -0.590. The zero-order chi connectivity index (χ0) is 11.3. The van der Waals surface area contributed by atoms with Crippen molar-refractivity contribution >= 4 is 37.6 Å². The van der Waals surface area contributed by atoms with Crippen molar-refractivity contribution in [3.63, 3.8) is 0 Å². The minimum Gasteiger partial charge on any atom is -0.294 e. The van der Waals surface area contributed by atoms with Gasteiger partial charge in [0.2, 0.25) is 0 Å². The van der Waals surface area contributed by atoms with E-state index in [1.54, 1.807) is 0 Å². The van der Waals surface area contributed by atoms with Gasteiger partial charge in [0.05, 0.1) is 0 Å². The molecule has 0 radical (unpaired) electrons. The number of carbonyl (C=O) groups excluding carboxylic acids is 1. The molecule has 0 aliphatic rings. The maximum Gasteiger partial charge on any atom is 0.164 e. The lowest BCUT2D eigenvalue weighted by Gasteiger charge is -2.03. The van der Waals surface area contributed by atoms with Crippen LogP contribution in [0, 0.1) is 12.3 Å². The van der Waals surface area contributed by atoms with Crippen molar-refractivity contribution in [1.82, 2.24) is 0 Å². The molecule has 0 aromatic heterocycles. The van der Waals surface area contributed by atoms with Crippen LogP contribution < -0.4 is 0 Å². The van der Waals surface area contributed by atoms with E-state index in [9.17, 15) is 4.79 Å². The van der Waals surface area contributed by atoms with Crippen LogP contribution in [-0.4, -0.2) is 5.78 Å². The van der Waals surface area contributed by atoms with Gasteiger partial charge in [0, 0.05) is 27.4 Å². The van der Waals surface area contributed by atoms with Gasteiger partial charge in [-0.25, -0.2) is 0 Å². The molecule has 0 heterocycles. The smallest absolute Gasteiger partial charge is 0.164 e. The van der Waals surface area contributed by atoms with Crippen molar-refractivity contribution in [2.45, 2.75) is 19.3 Å². The molecule has 15 heavy (non-hydrogen) atoms. The van der Waals surface area contributed by atoms with Crippen LogP contribution in [0.1, 0.15) is 29.6 Å². The summed E-state index contributed by atoms with van der Waals surface area (Å²) in [6.07, 6.45) is 7.02. The Bertz CT molecular complexity index is 405. The SMILES string of the molecule is C#CCCCC(=O)c1cc(Br)ccc1Br. The summed E-state index contributed by atoms with van der Waals surface area (Å²) in [6, 6.07) is 5.57. The van der Waals surface area contributed by atoms with Crippen LogP contribution in [0.15, 0.2) is 27.1 Å². The number of hydrogen-bond acceptors (Lipinski definition) is 1. The van der Waals surface area contributed by atoms with Crippen molar-refractivity contribution in [1.29, 1.82) is 0 Å². The predicted octanol–water partition coefficient (Wildman–Crippen LogP) is 4.20. The van der Waals surface area contributed by atoms with Crippen LogP contribution in [0.5, 0.6) is 0 Å². The van der Waals surface area contributed by atoms with Crippen LogP contribution in [0.25, 0.3) is 0 Å². The quantitative estimate of drug-likeness (QED) is 0.459. The fourth-order valence-corrected chi connectivity index (χ4v) is 2.03. The van der Waals surface area contributed by atoms with E-state index < -0.39 is 0 Å². The van der Waals surface area contributed by atoms with Gasteiger partial charge in [0.1, 0.15) is 0 Å². The molecule has 0 unspecified atom stereocenters. The highest BCUT2D eigenvalue weighted by atomic mass is 79.9. The van der Waals surface area contributed by atoms with Crippen molar-refractivity contribution in [2.75, 3.05) is 0 Å². The second-order valence-corrected chi connectivity index (χ2v) is 4.88. The van der Waals surface area contributed by atoms with E-state index in [0.717, 1.165) is 15.4 Å². The van der Waals surface area contributed by atoms with E-state index in [1.807, 2.05) is 18.2 Å². The number of halogens is 2. The normalized spacial score (nSPS) is 9.67. The van der Waals surface area contributed by atoms with Gasteiger partial charge in [-0.1, -0.05) is 31.9 Å². The first-order valence-corrected chi connectivity index (χ1v) is 6.15. The van der Waals surface area contributed by atoms with E-state index >= 15 is 0 Å². The molecule has 78 valence electrons. The molecule has 0 atom stereocenters. The van der Waals surface area contributed by atoms with Gasteiger partial charge in [-0.05, 0) is 24.6 Å². The van der Waals surface area contributed by atoms with Gasteiger partial charge >= 0.3 is 0 Å². The monoisotopic (exact) mass is 328 g/mol. The number of carbonyl (C=O) groups is 1. The summed E-state index contributed by atoms with van der Waals surface area (Å²) in [7, 11) is 0. The fraction of sp³-hybridized carbons (Fsp3) is 0.250. The lowest BCUT2D eigenvalue weighted by molar-refractivity contribution is 0.0980. The molecule has 0 saturated carbocycles. The first kappa shape index (κ1) is 12.5. The Labute approximate surface area is 107 Å². The first-order valence-electron chi connectivity index (χ1n) is 4.57. The average Bonchev–Trinajstić information content (AvgIpc) is 2.22. The summed E-state index contributed by atoms with van der Waals surface area (Å²) in [6.45, 7) is 0. The predicted molar refractivity (Wildman–Crippen MR) is 68.9 cm³/mol. The Morgan fingerprint density at radius 2 is 2.13 bits per heavy atom. The standard InChI is InChI=1S/C12H10Br2O/c1-2-3-4-5-12(15)10-8-9(13)6-7-11(10)14/h1,6-8H,3-5H2. The number of unbranched alkanes of at least 4 members (excludes halogenated alkanes) is 1. The fourth-order valence-electron chi connectivity index (χ4n) is 1.20. The third kappa shape index (κ3) is 3.81. The second kappa shape index (κ2) is 6.09. The average molecular weight is 330 g/mol. The summed E-state index contributed by atoms with van der Waals surface area (Å²) in [5.74, 6) is 2.65. The molecular weight excluding hydrogens is 320 g/mol. The molecule has 0 aliphatic heterocycles. The Morgan fingerprint density at radius 3 is 2.80 bits per heavy atom. The van der Waals surface area contributed by atoms with Crippen LogP contribution in [0.2, 0.25) is 0 Å². The summed E-state index contributed by atoms with van der Waals surface area (Å²) in [5, 5.41) is 0. The number of Topliss-reactive ketones (excluding diaryl/α,β-unsaturated/α-hetero) is 1. The minimum atomic E-state index is 0.124. The van der Waals surface area contributed by atoms with Crippen molar-refractivity contribution in [3.05, 3.63) is 32.7 Å². The second-order valence-electron chi connectivity index (χ2n) is 3.11. The third-order valence-electron chi connectivity index (χ3n) is 1.95. The minimum absolute atomic E-state index is 0.124. The van der Waals surface area contributed by atoms with Crippen LogP contribution in [0.4, 0.5) is 0 Å². The van der Waals surface area contributed by atoms with Crippen molar-refractivity contribution in [2.24, 2.45) is 0 Å². The molecule has 0 spiro atoms. The van der Waals surface area contributed by atoms with Crippen LogP contribution in [0.3, 0.4) is 0 Å². The Balaban J connectivity index is 2.73. The topological polar surface area (TPSA) is 17.1 Å². The van der Waals surface area contributed by atoms with Gasteiger partial charge in [0.25, 0.3) is 0 Å². The zero-order valence-corrected chi connectivity index (χ0v) is 11.3. The lowest BCUT2D eigenvalue weighted by atomic mass is 10.1.